The van der Waals surface area contributed by atoms with E-state index < -0.39 is 0 Å². The molecule has 0 unspecified atom stereocenters. The average molecular weight is 366 g/mol. The fraction of sp³-hybridized carbons (Fsp3) is 0.238. The van der Waals surface area contributed by atoms with Gasteiger partial charge in [-0.3, -0.25) is 5.43 Å². The molecule has 0 aliphatic heterocycles. The maximum absolute atomic E-state index is 5.87. The minimum absolute atomic E-state index is 0.735. The maximum atomic E-state index is 5.87. The number of nitrogens with zero attached hydrogens (tertiary/aromatic N) is 2. The maximum Gasteiger partial charge on any atom is 0.203 e. The number of nitrogens with one attached hydrogen (secondary N) is 1. The minimum atomic E-state index is 0.735. The quantitative estimate of drug-likeness (QED) is 0.295. The van der Waals surface area contributed by atoms with E-state index in [1.165, 1.54) is 24.2 Å². The second-order valence-electron chi connectivity index (χ2n) is 5.87. The number of para-hydroxylation sites is 1. The molecular weight excluding hydrogens is 342 g/mol. The summed E-state index contributed by atoms with van der Waals surface area (Å²) >= 11 is 1.54. The van der Waals surface area contributed by atoms with Crippen LogP contribution in [-0.2, 0) is 0 Å². The third kappa shape index (κ3) is 5.17. The molecule has 1 heterocycles. The Morgan fingerprint density at radius 2 is 1.88 bits per heavy atom. The number of hydrogen-bond acceptors (Lipinski definition) is 5. The Bertz CT molecular complexity index is 830. The van der Waals surface area contributed by atoms with Crippen LogP contribution in [0.5, 0.6) is 5.75 Å². The minimum Gasteiger partial charge on any atom is -0.493 e. The normalized spacial score (nSPS) is 11.0. The van der Waals surface area contributed by atoms with Crippen molar-refractivity contribution in [1.82, 2.24) is 4.98 Å². The van der Waals surface area contributed by atoms with E-state index in [-0.39, 0.29) is 0 Å². The molecule has 1 N–H and O–H groups in total. The molecule has 2 aromatic carbocycles. The highest BCUT2D eigenvalue weighted by Crippen LogP contribution is 2.24. The molecule has 3 rings (SSSR count). The Morgan fingerprint density at radius 3 is 2.73 bits per heavy atom. The summed E-state index contributed by atoms with van der Waals surface area (Å²) in [7, 11) is 0. The molecule has 0 atom stereocenters. The van der Waals surface area contributed by atoms with Crippen LogP contribution in [-0.4, -0.2) is 17.8 Å². The van der Waals surface area contributed by atoms with Crippen molar-refractivity contribution in [2.75, 3.05) is 12.0 Å². The highest BCUT2D eigenvalue weighted by molar-refractivity contribution is 7.14. The highest BCUT2D eigenvalue weighted by Gasteiger charge is 2.03. The standard InChI is InChI=1S/C21H23N3OS/c1-2-3-9-14-25-20-13-8-7-12-18(20)15-22-24-21-23-19(16-26-21)17-10-5-4-6-11-17/h4-8,10-13,15-16H,2-3,9,14H2,1H3,(H,23,24)/b22-15+. The Hall–Kier alpha value is -2.66. The molecule has 0 amide bonds. The SMILES string of the molecule is CCCCCOc1ccccc1/C=N/Nc1nc(-c2ccccc2)cs1. The van der Waals surface area contributed by atoms with Gasteiger partial charge < -0.3 is 4.74 Å². The van der Waals surface area contributed by atoms with Gasteiger partial charge in [0.2, 0.25) is 5.13 Å². The van der Waals surface area contributed by atoms with Crippen molar-refractivity contribution in [2.24, 2.45) is 5.10 Å². The fourth-order valence-electron chi connectivity index (χ4n) is 2.48. The van der Waals surface area contributed by atoms with Crippen LogP contribution in [0.2, 0.25) is 0 Å². The summed E-state index contributed by atoms with van der Waals surface area (Å²) in [6.07, 6.45) is 5.22. The lowest BCUT2D eigenvalue weighted by Crippen LogP contribution is -2.00. The van der Waals surface area contributed by atoms with Gasteiger partial charge in [0.15, 0.2) is 0 Å². The van der Waals surface area contributed by atoms with E-state index in [9.17, 15) is 0 Å². The number of anilines is 1. The van der Waals surface area contributed by atoms with Crippen molar-refractivity contribution in [3.63, 3.8) is 0 Å². The number of unbranched alkanes of at least 4 members (excludes halogenated alkanes) is 2. The van der Waals surface area contributed by atoms with Gasteiger partial charge in [-0.1, -0.05) is 62.2 Å². The number of aromatic nitrogens is 1. The molecule has 0 aliphatic rings. The summed E-state index contributed by atoms with van der Waals surface area (Å²) in [5.74, 6) is 0.860. The molecule has 0 aliphatic carbocycles. The molecule has 0 saturated carbocycles. The number of thiazole rings is 1. The Morgan fingerprint density at radius 1 is 1.08 bits per heavy atom. The summed E-state index contributed by atoms with van der Waals surface area (Å²) in [4.78, 5) is 4.57. The zero-order valence-electron chi connectivity index (χ0n) is 14.9. The Balaban J connectivity index is 1.60. The molecule has 3 aromatic rings. The third-order valence-electron chi connectivity index (χ3n) is 3.86. The summed E-state index contributed by atoms with van der Waals surface area (Å²) in [6, 6.07) is 18.1. The van der Waals surface area contributed by atoms with Crippen LogP contribution < -0.4 is 10.2 Å². The summed E-state index contributed by atoms with van der Waals surface area (Å²) in [6.45, 7) is 2.92. The molecule has 0 radical (unpaired) electrons. The number of hydrogen-bond donors (Lipinski definition) is 1. The van der Waals surface area contributed by atoms with Crippen LogP contribution in [0.3, 0.4) is 0 Å². The third-order valence-corrected chi connectivity index (χ3v) is 4.61. The van der Waals surface area contributed by atoms with Gasteiger partial charge in [0, 0.05) is 16.5 Å². The van der Waals surface area contributed by atoms with Gasteiger partial charge >= 0.3 is 0 Å². The monoisotopic (exact) mass is 365 g/mol. The lowest BCUT2D eigenvalue weighted by molar-refractivity contribution is 0.306. The van der Waals surface area contributed by atoms with Gasteiger partial charge in [0.25, 0.3) is 0 Å². The van der Waals surface area contributed by atoms with Crippen molar-refractivity contribution in [3.8, 4) is 17.0 Å². The van der Waals surface area contributed by atoms with Gasteiger partial charge in [-0.05, 0) is 18.6 Å². The molecule has 0 spiro atoms. The molecule has 5 heteroatoms. The first-order valence-electron chi connectivity index (χ1n) is 8.88. The van der Waals surface area contributed by atoms with Crippen LogP contribution in [0.15, 0.2) is 65.1 Å². The first-order valence-corrected chi connectivity index (χ1v) is 9.76. The van der Waals surface area contributed by atoms with E-state index in [1.54, 1.807) is 6.21 Å². The molecule has 134 valence electrons. The summed E-state index contributed by atoms with van der Waals surface area (Å²) in [5, 5.41) is 7.11. The number of rotatable bonds is 9. The van der Waals surface area contributed by atoms with E-state index in [2.05, 4.69) is 22.4 Å². The van der Waals surface area contributed by atoms with E-state index in [0.717, 1.165) is 40.7 Å². The largest absolute Gasteiger partial charge is 0.493 e. The molecular formula is C21H23N3OS. The lowest BCUT2D eigenvalue weighted by atomic mass is 10.2. The highest BCUT2D eigenvalue weighted by atomic mass is 32.1. The van der Waals surface area contributed by atoms with E-state index in [0.29, 0.717) is 0 Å². The first kappa shape index (κ1) is 18.1. The topological polar surface area (TPSA) is 46.5 Å². The molecule has 0 saturated heterocycles. The Kier molecular flexibility index (Phi) is 6.79. The number of hydrazone groups is 1. The van der Waals surface area contributed by atoms with Crippen LogP contribution in [0.4, 0.5) is 5.13 Å². The second-order valence-corrected chi connectivity index (χ2v) is 6.73. The second kappa shape index (κ2) is 9.73. The smallest absolute Gasteiger partial charge is 0.203 e. The van der Waals surface area contributed by atoms with Crippen LogP contribution in [0.25, 0.3) is 11.3 Å². The van der Waals surface area contributed by atoms with Gasteiger partial charge in [-0.15, -0.1) is 11.3 Å². The van der Waals surface area contributed by atoms with E-state index >= 15 is 0 Å². The predicted molar refractivity (Wildman–Crippen MR) is 110 cm³/mol. The number of benzene rings is 2. The molecule has 1 aromatic heterocycles. The van der Waals surface area contributed by atoms with Gasteiger partial charge in [-0.25, -0.2) is 4.98 Å². The zero-order chi connectivity index (χ0) is 18.0. The van der Waals surface area contributed by atoms with Crippen molar-refractivity contribution in [3.05, 3.63) is 65.5 Å². The molecule has 26 heavy (non-hydrogen) atoms. The molecule has 0 fully saturated rings. The zero-order valence-corrected chi connectivity index (χ0v) is 15.7. The van der Waals surface area contributed by atoms with Gasteiger partial charge in [0.1, 0.15) is 5.75 Å². The van der Waals surface area contributed by atoms with Crippen molar-refractivity contribution in [1.29, 1.82) is 0 Å². The molecule has 0 bridgehead atoms. The van der Waals surface area contributed by atoms with Gasteiger partial charge in [-0.2, -0.15) is 5.10 Å². The van der Waals surface area contributed by atoms with Gasteiger partial charge in [0.05, 0.1) is 18.5 Å². The predicted octanol–water partition coefficient (Wildman–Crippen LogP) is 5.83. The van der Waals surface area contributed by atoms with Crippen LogP contribution in [0.1, 0.15) is 31.7 Å². The van der Waals surface area contributed by atoms with E-state index in [4.69, 9.17) is 4.74 Å². The first-order chi connectivity index (χ1) is 12.9. The fourth-order valence-corrected chi connectivity index (χ4v) is 3.14. The van der Waals surface area contributed by atoms with Crippen LogP contribution >= 0.6 is 11.3 Å². The summed E-state index contributed by atoms with van der Waals surface area (Å²) in [5.41, 5.74) is 6.02. The summed E-state index contributed by atoms with van der Waals surface area (Å²) < 4.78 is 5.87. The average Bonchev–Trinajstić information content (AvgIpc) is 3.16. The van der Waals surface area contributed by atoms with Crippen molar-refractivity contribution >= 4 is 22.7 Å². The van der Waals surface area contributed by atoms with Crippen molar-refractivity contribution in [2.45, 2.75) is 26.2 Å². The van der Waals surface area contributed by atoms with Crippen molar-refractivity contribution < 1.29 is 4.74 Å². The number of ether oxygens (including phenoxy) is 1. The lowest BCUT2D eigenvalue weighted by Gasteiger charge is -2.08. The van der Waals surface area contributed by atoms with Crippen LogP contribution in [0, 0.1) is 0 Å². The Labute approximate surface area is 158 Å². The van der Waals surface area contributed by atoms with E-state index in [1.807, 2.05) is 60.0 Å². The molecule has 4 nitrogen and oxygen atoms in total.